The molecule has 5 nitrogen and oxygen atoms in total. The van der Waals surface area contributed by atoms with E-state index in [4.69, 9.17) is 0 Å². The maximum absolute atomic E-state index is 11.3. The topological polar surface area (TPSA) is 61.4 Å². The summed E-state index contributed by atoms with van der Waals surface area (Å²) in [5, 5.41) is 5.48. The molecule has 0 aliphatic carbocycles. The number of piperazine rings is 1. The third-order valence-corrected chi connectivity index (χ3v) is 2.12. The fraction of sp³-hybridized carbons (Fsp3) is 0.750. The van der Waals surface area contributed by atoms with Crippen LogP contribution in [-0.2, 0) is 9.59 Å². The number of amides is 2. The minimum Gasteiger partial charge on any atom is -0.346 e. The first-order valence-corrected chi connectivity index (χ1v) is 4.40. The molecule has 1 heterocycles. The van der Waals surface area contributed by atoms with Crippen molar-refractivity contribution < 1.29 is 9.59 Å². The van der Waals surface area contributed by atoms with E-state index in [-0.39, 0.29) is 6.04 Å². The highest BCUT2D eigenvalue weighted by Crippen LogP contribution is 2.01. The molecule has 1 fully saturated rings. The highest BCUT2D eigenvalue weighted by molar-refractivity contribution is 6.35. The Morgan fingerprint density at radius 1 is 1.62 bits per heavy atom. The fourth-order valence-electron chi connectivity index (χ4n) is 1.42. The standard InChI is InChI=1S/C8H15N3O2/c1-6(5-9-2)11-4-3-10-7(12)8(11)13/h6,9H,3-5H2,1-2H3,(H,10,12). The molecule has 0 aromatic carbocycles. The van der Waals surface area contributed by atoms with Gasteiger partial charge in [0, 0.05) is 25.7 Å². The Labute approximate surface area is 77.5 Å². The molecule has 0 spiro atoms. The molecule has 1 aliphatic rings. The molecule has 1 rings (SSSR count). The summed E-state index contributed by atoms with van der Waals surface area (Å²) in [5.41, 5.74) is 0. The summed E-state index contributed by atoms with van der Waals surface area (Å²) in [6.45, 7) is 3.79. The predicted octanol–water partition coefficient (Wildman–Crippen LogP) is -1.45. The lowest BCUT2D eigenvalue weighted by molar-refractivity contribution is -0.149. The van der Waals surface area contributed by atoms with Crippen LogP contribution in [0.5, 0.6) is 0 Å². The highest BCUT2D eigenvalue weighted by Gasteiger charge is 2.28. The first-order valence-electron chi connectivity index (χ1n) is 4.40. The van der Waals surface area contributed by atoms with Crippen molar-refractivity contribution >= 4 is 11.8 Å². The van der Waals surface area contributed by atoms with Crippen LogP contribution in [0.25, 0.3) is 0 Å². The van der Waals surface area contributed by atoms with Crippen LogP contribution in [0.2, 0.25) is 0 Å². The Morgan fingerprint density at radius 2 is 2.31 bits per heavy atom. The Bertz CT molecular complexity index is 217. The van der Waals surface area contributed by atoms with E-state index in [0.29, 0.717) is 19.6 Å². The van der Waals surface area contributed by atoms with Gasteiger partial charge in [-0.05, 0) is 14.0 Å². The molecular formula is C8H15N3O2. The fourth-order valence-corrected chi connectivity index (χ4v) is 1.42. The van der Waals surface area contributed by atoms with Gasteiger partial charge in [-0.2, -0.15) is 0 Å². The molecule has 0 radical (unpaired) electrons. The van der Waals surface area contributed by atoms with Crippen molar-refractivity contribution in [3.8, 4) is 0 Å². The van der Waals surface area contributed by atoms with E-state index in [1.54, 1.807) is 4.90 Å². The van der Waals surface area contributed by atoms with Crippen LogP contribution in [0.1, 0.15) is 6.92 Å². The van der Waals surface area contributed by atoms with Gasteiger partial charge < -0.3 is 15.5 Å². The first kappa shape index (κ1) is 9.98. The zero-order valence-electron chi connectivity index (χ0n) is 7.96. The van der Waals surface area contributed by atoms with E-state index in [9.17, 15) is 9.59 Å². The highest BCUT2D eigenvalue weighted by atomic mass is 16.2. The van der Waals surface area contributed by atoms with E-state index in [0.717, 1.165) is 0 Å². The average Bonchev–Trinajstić information content (AvgIpc) is 2.10. The second kappa shape index (κ2) is 4.23. The van der Waals surface area contributed by atoms with Crippen LogP contribution < -0.4 is 10.6 Å². The van der Waals surface area contributed by atoms with Crippen LogP contribution in [0, 0.1) is 0 Å². The van der Waals surface area contributed by atoms with Crippen LogP contribution >= 0.6 is 0 Å². The zero-order chi connectivity index (χ0) is 9.84. The minimum absolute atomic E-state index is 0.0727. The quantitative estimate of drug-likeness (QED) is 0.529. The molecule has 0 bridgehead atoms. The van der Waals surface area contributed by atoms with E-state index in [2.05, 4.69) is 10.6 Å². The summed E-state index contributed by atoms with van der Waals surface area (Å²) in [6, 6.07) is 0.0727. The average molecular weight is 185 g/mol. The van der Waals surface area contributed by atoms with Gasteiger partial charge in [-0.1, -0.05) is 0 Å². The summed E-state index contributed by atoms with van der Waals surface area (Å²) in [7, 11) is 1.82. The van der Waals surface area contributed by atoms with E-state index >= 15 is 0 Å². The first-order chi connectivity index (χ1) is 6.16. The second-order valence-corrected chi connectivity index (χ2v) is 3.16. The molecule has 1 aliphatic heterocycles. The Balaban J connectivity index is 2.57. The maximum atomic E-state index is 11.3. The number of nitrogens with one attached hydrogen (secondary N) is 2. The van der Waals surface area contributed by atoms with Crippen molar-refractivity contribution in [1.82, 2.24) is 15.5 Å². The lowest BCUT2D eigenvalue weighted by Gasteiger charge is -2.31. The van der Waals surface area contributed by atoms with Gasteiger partial charge in [0.25, 0.3) is 0 Å². The van der Waals surface area contributed by atoms with Gasteiger partial charge in [0.1, 0.15) is 0 Å². The molecule has 1 unspecified atom stereocenters. The van der Waals surface area contributed by atoms with Gasteiger partial charge in [0.15, 0.2) is 0 Å². The van der Waals surface area contributed by atoms with Gasteiger partial charge in [-0.3, -0.25) is 9.59 Å². The Hall–Kier alpha value is -1.10. The number of carbonyl (C=O) groups excluding carboxylic acids is 2. The van der Waals surface area contributed by atoms with Crippen LogP contribution in [0.15, 0.2) is 0 Å². The van der Waals surface area contributed by atoms with Gasteiger partial charge in [-0.25, -0.2) is 0 Å². The van der Waals surface area contributed by atoms with E-state index < -0.39 is 11.8 Å². The van der Waals surface area contributed by atoms with Gasteiger partial charge in [-0.15, -0.1) is 0 Å². The summed E-state index contributed by atoms with van der Waals surface area (Å²) >= 11 is 0. The molecule has 0 aromatic rings. The Morgan fingerprint density at radius 3 is 2.92 bits per heavy atom. The number of carbonyl (C=O) groups is 2. The number of likely N-dealkylation sites (N-methyl/N-ethyl adjacent to an activating group) is 1. The molecule has 1 atom stereocenters. The van der Waals surface area contributed by atoms with Crippen LogP contribution in [0.4, 0.5) is 0 Å². The molecule has 74 valence electrons. The van der Waals surface area contributed by atoms with Crippen molar-refractivity contribution in [2.75, 3.05) is 26.7 Å². The van der Waals surface area contributed by atoms with Crippen molar-refractivity contribution in [1.29, 1.82) is 0 Å². The maximum Gasteiger partial charge on any atom is 0.312 e. The van der Waals surface area contributed by atoms with Crippen LogP contribution in [0.3, 0.4) is 0 Å². The molecule has 2 N–H and O–H groups in total. The third kappa shape index (κ3) is 2.18. The second-order valence-electron chi connectivity index (χ2n) is 3.16. The lowest BCUT2D eigenvalue weighted by atomic mass is 10.2. The van der Waals surface area contributed by atoms with Crippen LogP contribution in [-0.4, -0.2) is 49.4 Å². The number of hydrogen-bond acceptors (Lipinski definition) is 3. The molecule has 13 heavy (non-hydrogen) atoms. The monoisotopic (exact) mass is 185 g/mol. The minimum atomic E-state index is -0.491. The number of rotatable bonds is 3. The van der Waals surface area contributed by atoms with Crippen molar-refractivity contribution in [3.05, 3.63) is 0 Å². The smallest absolute Gasteiger partial charge is 0.312 e. The third-order valence-electron chi connectivity index (χ3n) is 2.12. The molecule has 5 heteroatoms. The SMILES string of the molecule is CNCC(C)N1CCNC(=O)C1=O. The van der Waals surface area contributed by atoms with Gasteiger partial charge >= 0.3 is 11.8 Å². The molecular weight excluding hydrogens is 170 g/mol. The van der Waals surface area contributed by atoms with Crippen molar-refractivity contribution in [2.24, 2.45) is 0 Å². The zero-order valence-corrected chi connectivity index (χ0v) is 7.96. The summed E-state index contributed by atoms with van der Waals surface area (Å²) < 4.78 is 0. The van der Waals surface area contributed by atoms with Gasteiger partial charge in [0.05, 0.1) is 0 Å². The van der Waals surface area contributed by atoms with E-state index in [1.165, 1.54) is 0 Å². The predicted molar refractivity (Wildman–Crippen MR) is 48.1 cm³/mol. The molecule has 0 aromatic heterocycles. The van der Waals surface area contributed by atoms with Crippen molar-refractivity contribution in [3.63, 3.8) is 0 Å². The van der Waals surface area contributed by atoms with E-state index in [1.807, 2.05) is 14.0 Å². The Kier molecular flexibility index (Phi) is 3.25. The van der Waals surface area contributed by atoms with Crippen molar-refractivity contribution in [2.45, 2.75) is 13.0 Å². The summed E-state index contributed by atoms with van der Waals surface area (Å²) in [5.74, 6) is -0.914. The van der Waals surface area contributed by atoms with Gasteiger partial charge in [0.2, 0.25) is 0 Å². The normalized spacial score (nSPS) is 20.0. The lowest BCUT2D eigenvalue weighted by Crippen LogP contribution is -2.56. The number of nitrogens with zero attached hydrogens (tertiary/aromatic N) is 1. The summed E-state index contributed by atoms with van der Waals surface area (Å²) in [4.78, 5) is 23.9. The molecule has 0 saturated carbocycles. The summed E-state index contributed by atoms with van der Waals surface area (Å²) in [6.07, 6.45) is 0. The largest absolute Gasteiger partial charge is 0.346 e. The molecule has 2 amide bonds. The number of hydrogen-bond donors (Lipinski definition) is 2. The molecule has 1 saturated heterocycles.